The summed E-state index contributed by atoms with van der Waals surface area (Å²) in [6.45, 7) is 12.2. The van der Waals surface area contributed by atoms with Crippen LogP contribution in [0.15, 0.2) is 18.2 Å². The molecule has 0 spiro atoms. The van der Waals surface area contributed by atoms with E-state index in [1.165, 1.54) is 13.0 Å². The fourth-order valence-corrected chi connectivity index (χ4v) is 3.27. The molecule has 0 unspecified atom stereocenters. The van der Waals surface area contributed by atoms with E-state index < -0.39 is 23.4 Å². The van der Waals surface area contributed by atoms with E-state index in [9.17, 15) is 18.8 Å². The number of hydrogen-bond donors (Lipinski definition) is 2. The maximum atomic E-state index is 14.8. The van der Waals surface area contributed by atoms with E-state index in [1.54, 1.807) is 17.0 Å². The van der Waals surface area contributed by atoms with E-state index in [-0.39, 0.29) is 17.9 Å². The number of rotatable bonds is 5. The molecule has 0 bridgehead atoms. The van der Waals surface area contributed by atoms with E-state index in [2.05, 4.69) is 10.6 Å². The van der Waals surface area contributed by atoms with Gasteiger partial charge in [0.2, 0.25) is 11.8 Å². The molecule has 0 aromatic heterocycles. The van der Waals surface area contributed by atoms with Crippen LogP contribution in [0, 0.1) is 11.7 Å². The van der Waals surface area contributed by atoms with Gasteiger partial charge < -0.3 is 25.2 Å². The zero-order valence-corrected chi connectivity index (χ0v) is 19.1. The van der Waals surface area contributed by atoms with Crippen molar-refractivity contribution in [2.45, 2.75) is 53.2 Å². The van der Waals surface area contributed by atoms with Crippen LogP contribution in [0.1, 0.15) is 41.5 Å². The molecule has 1 aromatic carbocycles. The number of nitrogens with one attached hydrogen (secondary N) is 2. The molecule has 3 amide bonds. The Morgan fingerprint density at radius 1 is 1.10 bits per heavy atom. The lowest BCUT2D eigenvalue weighted by molar-refractivity contribution is -0.126. The number of anilines is 2. The molecule has 1 aliphatic rings. The normalized spacial score (nSPS) is 15.5. The zero-order valence-electron chi connectivity index (χ0n) is 19.1. The average molecular weight is 437 g/mol. The zero-order chi connectivity index (χ0) is 23.3. The van der Waals surface area contributed by atoms with E-state index in [4.69, 9.17) is 4.74 Å². The molecule has 0 aliphatic carbocycles. The van der Waals surface area contributed by atoms with Gasteiger partial charge >= 0.3 is 6.09 Å². The van der Waals surface area contributed by atoms with E-state index in [0.29, 0.717) is 37.6 Å². The largest absolute Gasteiger partial charge is 0.444 e. The van der Waals surface area contributed by atoms with Gasteiger partial charge in [0, 0.05) is 38.8 Å². The minimum atomic E-state index is -0.707. The number of piperazine rings is 1. The highest BCUT2D eigenvalue weighted by Gasteiger charge is 2.27. The Hall–Kier alpha value is -2.84. The number of ether oxygens (including phenoxy) is 1. The Morgan fingerprint density at radius 3 is 2.19 bits per heavy atom. The molecule has 1 atom stereocenters. The lowest BCUT2D eigenvalue weighted by Gasteiger charge is -2.36. The highest BCUT2D eigenvalue weighted by Crippen LogP contribution is 2.25. The van der Waals surface area contributed by atoms with Crippen molar-refractivity contribution in [2.24, 2.45) is 5.92 Å². The van der Waals surface area contributed by atoms with Crippen LogP contribution in [0.4, 0.5) is 20.6 Å². The molecule has 1 heterocycles. The van der Waals surface area contributed by atoms with Crippen molar-refractivity contribution in [3.63, 3.8) is 0 Å². The summed E-state index contributed by atoms with van der Waals surface area (Å²) in [6.07, 6.45) is -0.371. The quantitative estimate of drug-likeness (QED) is 0.741. The number of nitrogens with zero attached hydrogens (tertiary/aromatic N) is 2. The number of benzene rings is 1. The van der Waals surface area contributed by atoms with Crippen molar-refractivity contribution in [1.29, 1.82) is 0 Å². The van der Waals surface area contributed by atoms with Crippen molar-refractivity contribution in [1.82, 2.24) is 10.2 Å². The van der Waals surface area contributed by atoms with Gasteiger partial charge in [0.1, 0.15) is 17.5 Å². The summed E-state index contributed by atoms with van der Waals surface area (Å²) in [6, 6.07) is 3.79. The molecule has 2 rings (SSSR count). The number of amides is 3. The molecule has 0 radical (unpaired) electrons. The third-order valence-corrected chi connectivity index (χ3v) is 4.80. The predicted molar refractivity (Wildman–Crippen MR) is 117 cm³/mol. The van der Waals surface area contributed by atoms with Crippen LogP contribution in [-0.2, 0) is 14.3 Å². The molecule has 31 heavy (non-hydrogen) atoms. The van der Waals surface area contributed by atoms with Gasteiger partial charge in [-0.2, -0.15) is 0 Å². The van der Waals surface area contributed by atoms with Crippen LogP contribution < -0.4 is 15.5 Å². The summed E-state index contributed by atoms with van der Waals surface area (Å²) in [5.41, 5.74) is 0.161. The Morgan fingerprint density at radius 2 is 1.71 bits per heavy atom. The van der Waals surface area contributed by atoms with Crippen LogP contribution >= 0.6 is 0 Å². The second kappa shape index (κ2) is 9.98. The van der Waals surface area contributed by atoms with Crippen LogP contribution in [-0.4, -0.2) is 60.6 Å². The first-order valence-corrected chi connectivity index (χ1v) is 10.5. The predicted octanol–water partition coefficient (Wildman–Crippen LogP) is 2.98. The van der Waals surface area contributed by atoms with Gasteiger partial charge in [-0.25, -0.2) is 9.18 Å². The number of carbonyl (C=O) groups is 3. The van der Waals surface area contributed by atoms with Gasteiger partial charge in [-0.05, 0) is 44.9 Å². The van der Waals surface area contributed by atoms with Gasteiger partial charge in [-0.3, -0.25) is 9.59 Å². The molecule has 0 saturated carbocycles. The molecule has 1 saturated heterocycles. The summed E-state index contributed by atoms with van der Waals surface area (Å²) in [4.78, 5) is 39.5. The number of hydrogen-bond acceptors (Lipinski definition) is 5. The number of halogens is 1. The molecule has 9 heteroatoms. The fourth-order valence-electron chi connectivity index (χ4n) is 3.27. The second-order valence-corrected chi connectivity index (χ2v) is 9.03. The SMILES string of the molecule is CC(=O)N[C@@H](C(=O)Nc1ccc(N2CCN(C(=O)OC(C)(C)C)CC2)c(F)c1)C(C)C. The molecule has 1 aromatic rings. The van der Waals surface area contributed by atoms with Gasteiger partial charge in [0.15, 0.2) is 0 Å². The summed E-state index contributed by atoms with van der Waals surface area (Å²) < 4.78 is 20.1. The third-order valence-electron chi connectivity index (χ3n) is 4.80. The smallest absolute Gasteiger partial charge is 0.410 e. The lowest BCUT2D eigenvalue weighted by Crippen LogP contribution is -2.50. The van der Waals surface area contributed by atoms with Crippen molar-refractivity contribution in [3.8, 4) is 0 Å². The first-order valence-electron chi connectivity index (χ1n) is 10.5. The summed E-state index contributed by atoms with van der Waals surface area (Å²) >= 11 is 0. The van der Waals surface area contributed by atoms with Gasteiger partial charge in [0.25, 0.3) is 0 Å². The molecular formula is C22H33FN4O4. The van der Waals surface area contributed by atoms with Crippen molar-refractivity contribution in [3.05, 3.63) is 24.0 Å². The first kappa shape index (κ1) is 24.4. The minimum Gasteiger partial charge on any atom is -0.444 e. The van der Waals surface area contributed by atoms with Crippen molar-refractivity contribution in [2.75, 3.05) is 36.4 Å². The second-order valence-electron chi connectivity index (χ2n) is 9.03. The van der Waals surface area contributed by atoms with E-state index in [1.807, 2.05) is 39.5 Å². The molecule has 1 aliphatic heterocycles. The fraction of sp³-hybridized carbons (Fsp3) is 0.591. The van der Waals surface area contributed by atoms with E-state index in [0.717, 1.165) is 0 Å². The standard InChI is InChI=1S/C22H33FN4O4/c1-14(2)19(24-15(3)28)20(29)25-16-7-8-18(17(23)13-16)26-9-11-27(12-10-26)21(30)31-22(4,5)6/h7-8,13-14,19H,9-12H2,1-6H3,(H,24,28)(H,25,29)/t19-/m1/s1. The summed E-state index contributed by atoms with van der Waals surface area (Å²) in [7, 11) is 0. The Balaban J connectivity index is 1.99. The topological polar surface area (TPSA) is 91.0 Å². The highest BCUT2D eigenvalue weighted by atomic mass is 19.1. The van der Waals surface area contributed by atoms with Crippen LogP contribution in [0.5, 0.6) is 0 Å². The molecule has 2 N–H and O–H groups in total. The number of carbonyl (C=O) groups excluding carboxylic acids is 3. The minimum absolute atomic E-state index is 0.116. The average Bonchev–Trinajstić information content (AvgIpc) is 2.64. The van der Waals surface area contributed by atoms with E-state index >= 15 is 0 Å². The highest BCUT2D eigenvalue weighted by molar-refractivity contribution is 5.97. The maximum absolute atomic E-state index is 14.8. The van der Waals surface area contributed by atoms with Crippen LogP contribution in [0.3, 0.4) is 0 Å². The summed E-state index contributed by atoms with van der Waals surface area (Å²) in [5.74, 6) is -1.29. The summed E-state index contributed by atoms with van der Waals surface area (Å²) in [5, 5.41) is 5.27. The van der Waals surface area contributed by atoms with Crippen molar-refractivity contribution < 1.29 is 23.5 Å². The Labute approximate surface area is 183 Å². The molecule has 172 valence electrons. The van der Waals surface area contributed by atoms with Crippen LogP contribution in [0.25, 0.3) is 0 Å². The van der Waals surface area contributed by atoms with Gasteiger partial charge in [-0.1, -0.05) is 13.8 Å². The third kappa shape index (κ3) is 7.11. The monoisotopic (exact) mass is 436 g/mol. The molecular weight excluding hydrogens is 403 g/mol. The Bertz CT molecular complexity index is 814. The van der Waals surface area contributed by atoms with Crippen molar-refractivity contribution >= 4 is 29.3 Å². The van der Waals surface area contributed by atoms with Gasteiger partial charge in [0.05, 0.1) is 5.69 Å². The van der Waals surface area contributed by atoms with Crippen LogP contribution in [0.2, 0.25) is 0 Å². The lowest BCUT2D eigenvalue weighted by atomic mass is 10.0. The molecule has 1 fully saturated rings. The first-order chi connectivity index (χ1) is 14.4. The maximum Gasteiger partial charge on any atom is 0.410 e. The van der Waals surface area contributed by atoms with Gasteiger partial charge in [-0.15, -0.1) is 0 Å². The molecule has 8 nitrogen and oxygen atoms in total. The Kier molecular flexibility index (Phi) is 7.86.